The van der Waals surface area contributed by atoms with Crippen LogP contribution >= 0.6 is 0 Å². The van der Waals surface area contributed by atoms with Crippen LogP contribution in [0.4, 0.5) is 0 Å². The van der Waals surface area contributed by atoms with Crippen LogP contribution in [0.5, 0.6) is 0 Å². The van der Waals surface area contributed by atoms with Crippen molar-refractivity contribution in [2.45, 2.75) is 70.6 Å². The third-order valence-corrected chi connectivity index (χ3v) is 8.69. The van der Waals surface area contributed by atoms with Crippen LogP contribution in [0, 0.1) is 11.8 Å². The lowest BCUT2D eigenvalue weighted by Gasteiger charge is -2.38. The second-order valence-electron chi connectivity index (χ2n) is 10.6. The zero-order valence-corrected chi connectivity index (χ0v) is 20.4. The van der Waals surface area contributed by atoms with Gasteiger partial charge in [0.2, 0.25) is 0 Å². The van der Waals surface area contributed by atoms with Crippen molar-refractivity contribution in [3.8, 4) is 11.3 Å². The summed E-state index contributed by atoms with van der Waals surface area (Å²) in [5.74, 6) is 2.85. The van der Waals surface area contributed by atoms with Crippen molar-refractivity contribution in [2.24, 2.45) is 11.8 Å². The first-order valence-electron chi connectivity index (χ1n) is 13.4. The Morgan fingerprint density at radius 1 is 0.824 bits per heavy atom. The van der Waals surface area contributed by atoms with Crippen LogP contribution in [-0.4, -0.2) is 9.38 Å². The fourth-order valence-electron chi connectivity index (χ4n) is 6.36. The monoisotopic (exact) mass is 448 g/mol. The van der Waals surface area contributed by atoms with Gasteiger partial charge >= 0.3 is 0 Å². The van der Waals surface area contributed by atoms with E-state index in [9.17, 15) is 0 Å². The number of hydrogen-bond donors (Lipinski definition) is 0. The average Bonchev–Trinajstić information content (AvgIpc) is 3.35. The Morgan fingerprint density at radius 2 is 1.62 bits per heavy atom. The van der Waals surface area contributed by atoms with Gasteiger partial charge in [-0.2, -0.15) is 0 Å². The topological polar surface area (TPSA) is 17.3 Å². The van der Waals surface area contributed by atoms with Gasteiger partial charge in [-0.05, 0) is 89.8 Å². The number of pyridine rings is 1. The Bertz CT molecular complexity index is 1250. The fourth-order valence-corrected chi connectivity index (χ4v) is 6.36. The molecule has 0 N–H and O–H groups in total. The van der Waals surface area contributed by atoms with E-state index in [0.29, 0.717) is 0 Å². The predicted molar refractivity (Wildman–Crippen MR) is 141 cm³/mol. The average molecular weight is 449 g/mol. The van der Waals surface area contributed by atoms with Crippen LogP contribution in [0.2, 0.25) is 0 Å². The molecule has 2 fully saturated rings. The molecule has 34 heavy (non-hydrogen) atoms. The molecule has 0 bridgehead atoms. The highest BCUT2D eigenvalue weighted by atomic mass is 15.0. The summed E-state index contributed by atoms with van der Waals surface area (Å²) in [6.07, 6.45) is 16.1. The van der Waals surface area contributed by atoms with Crippen molar-refractivity contribution in [3.05, 3.63) is 95.3 Å². The lowest BCUT2D eigenvalue weighted by atomic mass is 9.67. The molecule has 2 aromatic heterocycles. The van der Waals surface area contributed by atoms with Crippen molar-refractivity contribution in [3.63, 3.8) is 0 Å². The van der Waals surface area contributed by atoms with Crippen LogP contribution in [-0.2, 0) is 12.8 Å². The molecular weight excluding hydrogens is 412 g/mol. The summed E-state index contributed by atoms with van der Waals surface area (Å²) in [6.45, 7) is 2.21. The molecule has 2 saturated carbocycles. The molecule has 2 heterocycles. The number of imidazole rings is 1. The first-order valence-corrected chi connectivity index (χ1v) is 13.4. The normalized spacial score (nSPS) is 21.0. The van der Waals surface area contributed by atoms with Crippen molar-refractivity contribution in [1.29, 1.82) is 0 Å². The van der Waals surface area contributed by atoms with Crippen molar-refractivity contribution in [1.82, 2.24) is 9.38 Å². The fraction of sp³-hybridized carbons (Fsp3) is 0.406. The summed E-state index contributed by atoms with van der Waals surface area (Å²) in [5.41, 5.74) is 9.11. The molecule has 2 heteroatoms. The predicted octanol–water partition coefficient (Wildman–Crippen LogP) is 8.23. The molecule has 2 aromatic carbocycles. The molecule has 0 atom stereocenters. The highest BCUT2D eigenvalue weighted by Gasteiger charge is 2.31. The molecule has 0 aliphatic heterocycles. The molecule has 0 amide bonds. The first-order chi connectivity index (χ1) is 16.8. The second-order valence-corrected chi connectivity index (χ2v) is 10.6. The van der Waals surface area contributed by atoms with Gasteiger partial charge in [0.1, 0.15) is 5.65 Å². The minimum absolute atomic E-state index is 0.766. The SMILES string of the molecule is CCc1cccc(-c2ccc(Cc3ccc(C4CCC(C5CCC5)CC4)cc3)c3nccn23)c1. The van der Waals surface area contributed by atoms with E-state index in [2.05, 4.69) is 78.2 Å². The van der Waals surface area contributed by atoms with E-state index in [0.717, 1.165) is 36.2 Å². The minimum atomic E-state index is 0.766. The number of benzene rings is 2. The largest absolute Gasteiger partial charge is 0.299 e. The summed E-state index contributed by atoms with van der Waals surface area (Å²) < 4.78 is 2.25. The van der Waals surface area contributed by atoms with Gasteiger partial charge in [-0.15, -0.1) is 0 Å². The maximum absolute atomic E-state index is 4.73. The summed E-state index contributed by atoms with van der Waals surface area (Å²) in [4.78, 5) is 4.73. The molecule has 0 spiro atoms. The van der Waals surface area contributed by atoms with Crippen LogP contribution in [0.3, 0.4) is 0 Å². The lowest BCUT2D eigenvalue weighted by Crippen LogP contribution is -2.25. The Balaban J connectivity index is 1.18. The summed E-state index contributed by atoms with van der Waals surface area (Å²) >= 11 is 0. The molecular formula is C32H36N2. The maximum atomic E-state index is 4.73. The third kappa shape index (κ3) is 4.19. The third-order valence-electron chi connectivity index (χ3n) is 8.69. The van der Waals surface area contributed by atoms with Gasteiger partial charge in [0.15, 0.2) is 0 Å². The van der Waals surface area contributed by atoms with Crippen LogP contribution < -0.4 is 0 Å². The Kier molecular flexibility index (Phi) is 5.99. The van der Waals surface area contributed by atoms with E-state index in [-0.39, 0.29) is 0 Å². The lowest BCUT2D eigenvalue weighted by molar-refractivity contribution is 0.154. The highest BCUT2D eigenvalue weighted by molar-refractivity contribution is 5.66. The molecule has 2 aliphatic rings. The summed E-state index contributed by atoms with van der Waals surface area (Å²) in [5, 5.41) is 0. The maximum Gasteiger partial charge on any atom is 0.140 e. The molecule has 2 aliphatic carbocycles. The van der Waals surface area contributed by atoms with Crippen molar-refractivity contribution in [2.75, 3.05) is 0 Å². The van der Waals surface area contributed by atoms with Gasteiger partial charge in [-0.3, -0.25) is 4.40 Å². The van der Waals surface area contributed by atoms with Crippen molar-refractivity contribution >= 4 is 5.65 Å². The smallest absolute Gasteiger partial charge is 0.140 e. The van der Waals surface area contributed by atoms with E-state index < -0.39 is 0 Å². The number of fused-ring (bicyclic) bond motifs is 1. The van der Waals surface area contributed by atoms with Gasteiger partial charge in [-0.25, -0.2) is 4.98 Å². The van der Waals surface area contributed by atoms with E-state index in [1.807, 2.05) is 6.20 Å². The number of aryl methyl sites for hydroxylation is 1. The zero-order chi connectivity index (χ0) is 22.9. The Morgan fingerprint density at radius 3 is 2.35 bits per heavy atom. The van der Waals surface area contributed by atoms with Crippen LogP contribution in [0.1, 0.15) is 80.0 Å². The number of hydrogen-bond acceptors (Lipinski definition) is 1. The molecule has 6 rings (SSSR count). The minimum Gasteiger partial charge on any atom is -0.299 e. The molecule has 174 valence electrons. The highest BCUT2D eigenvalue weighted by Crippen LogP contribution is 2.44. The van der Waals surface area contributed by atoms with Gasteiger partial charge in [-0.1, -0.05) is 74.7 Å². The first kappa shape index (κ1) is 21.6. The molecule has 0 radical (unpaired) electrons. The molecule has 0 saturated heterocycles. The van der Waals surface area contributed by atoms with E-state index in [4.69, 9.17) is 4.98 Å². The van der Waals surface area contributed by atoms with Crippen LogP contribution in [0.15, 0.2) is 73.1 Å². The van der Waals surface area contributed by atoms with Crippen molar-refractivity contribution < 1.29 is 0 Å². The molecule has 2 nitrogen and oxygen atoms in total. The number of aromatic nitrogens is 2. The second kappa shape index (κ2) is 9.41. The molecule has 4 aromatic rings. The summed E-state index contributed by atoms with van der Waals surface area (Å²) in [7, 11) is 0. The number of rotatable bonds is 6. The summed E-state index contributed by atoms with van der Waals surface area (Å²) in [6, 6.07) is 22.9. The van der Waals surface area contributed by atoms with Crippen LogP contribution in [0.25, 0.3) is 16.9 Å². The quantitative estimate of drug-likeness (QED) is 0.290. The van der Waals surface area contributed by atoms with Gasteiger partial charge in [0.05, 0.1) is 5.69 Å². The van der Waals surface area contributed by atoms with E-state index in [1.54, 1.807) is 5.56 Å². The van der Waals surface area contributed by atoms with Gasteiger partial charge < -0.3 is 0 Å². The number of nitrogens with zero attached hydrogens (tertiary/aromatic N) is 2. The van der Waals surface area contributed by atoms with E-state index >= 15 is 0 Å². The zero-order valence-electron chi connectivity index (χ0n) is 20.4. The van der Waals surface area contributed by atoms with Gasteiger partial charge in [0, 0.05) is 18.8 Å². The van der Waals surface area contributed by atoms with Gasteiger partial charge in [0.25, 0.3) is 0 Å². The standard InChI is InChI=1S/C32H36N2/c1-2-23-5-3-8-29(21-23)31-18-17-30(32-33-19-20-34(31)32)22-24-9-11-26(12-10-24)28-15-13-27(14-16-28)25-6-4-7-25/h3,5,8-12,17-21,25,27-28H,2,4,6-7,13-16,22H2,1H3. The Hall–Kier alpha value is -2.87. The van der Waals surface area contributed by atoms with E-state index in [1.165, 1.54) is 72.9 Å². The Labute approximate surface area is 204 Å². The molecule has 0 unspecified atom stereocenters.